The van der Waals surface area contributed by atoms with Crippen molar-refractivity contribution in [1.29, 1.82) is 0 Å². The molecule has 0 saturated carbocycles. The summed E-state index contributed by atoms with van der Waals surface area (Å²) in [6.07, 6.45) is 1.56. The van der Waals surface area contributed by atoms with Crippen molar-refractivity contribution in [3.63, 3.8) is 0 Å². The molecule has 0 radical (unpaired) electrons. The lowest BCUT2D eigenvalue weighted by Crippen LogP contribution is -2.44. The van der Waals surface area contributed by atoms with Gasteiger partial charge in [-0.15, -0.1) is 0 Å². The third-order valence-electron chi connectivity index (χ3n) is 4.99. The number of nitro benzene ring substituents is 1. The van der Waals surface area contributed by atoms with Gasteiger partial charge in [-0.05, 0) is 30.0 Å². The van der Waals surface area contributed by atoms with Crippen LogP contribution in [0.15, 0.2) is 18.2 Å². The Bertz CT molecular complexity index is 641. The summed E-state index contributed by atoms with van der Waals surface area (Å²) in [7, 11) is 0. The van der Waals surface area contributed by atoms with Crippen LogP contribution in [-0.2, 0) is 10.2 Å². The van der Waals surface area contributed by atoms with Gasteiger partial charge in [0.2, 0.25) is 5.91 Å². The maximum Gasteiger partial charge on any atom is 0.269 e. The van der Waals surface area contributed by atoms with Crippen molar-refractivity contribution in [2.45, 2.75) is 50.7 Å². The normalized spacial score (nSPS) is 26.9. The van der Waals surface area contributed by atoms with Crippen LogP contribution in [0.3, 0.4) is 0 Å². The molecular formula is C16H20N2O4. The van der Waals surface area contributed by atoms with E-state index in [1.807, 2.05) is 13.8 Å². The molecule has 1 aromatic carbocycles. The van der Waals surface area contributed by atoms with Crippen molar-refractivity contribution in [2.75, 3.05) is 6.54 Å². The van der Waals surface area contributed by atoms with Crippen LogP contribution in [0.25, 0.3) is 0 Å². The number of nitrogens with zero attached hydrogens (tertiary/aromatic N) is 2. The van der Waals surface area contributed by atoms with Crippen molar-refractivity contribution in [3.8, 4) is 0 Å². The van der Waals surface area contributed by atoms with E-state index >= 15 is 0 Å². The molecule has 0 unspecified atom stereocenters. The summed E-state index contributed by atoms with van der Waals surface area (Å²) in [4.78, 5) is 24.6. The number of hydrogen-bond donors (Lipinski definition) is 1. The average molecular weight is 304 g/mol. The first kappa shape index (κ1) is 15.0. The summed E-state index contributed by atoms with van der Waals surface area (Å²) in [6, 6.07) is 4.28. The maximum atomic E-state index is 12.2. The van der Waals surface area contributed by atoms with Gasteiger partial charge in [-0.2, -0.15) is 0 Å². The molecule has 6 heteroatoms. The SMILES string of the molecule is CC1(C)c2cc([N+](=O)[O-])ccc2[C@@H](N2CCCCC2=O)[C@@H]1O. The Morgan fingerprint density at radius 3 is 2.73 bits per heavy atom. The molecular weight excluding hydrogens is 284 g/mol. The lowest BCUT2D eigenvalue weighted by Gasteiger charge is -2.36. The Kier molecular flexibility index (Phi) is 3.44. The second-order valence-electron chi connectivity index (χ2n) is 6.68. The summed E-state index contributed by atoms with van der Waals surface area (Å²) in [5.74, 6) is 0.0531. The van der Waals surface area contributed by atoms with E-state index in [2.05, 4.69) is 0 Å². The number of nitro groups is 1. The molecule has 1 fully saturated rings. The third kappa shape index (κ3) is 2.09. The van der Waals surface area contributed by atoms with E-state index in [0.717, 1.165) is 24.0 Å². The van der Waals surface area contributed by atoms with E-state index in [0.29, 0.717) is 13.0 Å². The van der Waals surface area contributed by atoms with E-state index in [1.165, 1.54) is 12.1 Å². The molecule has 1 amide bonds. The standard InChI is InChI=1S/C16H20N2O4/c1-16(2)12-9-10(18(21)22)6-7-11(12)14(15(16)20)17-8-4-3-5-13(17)19/h6-7,9,14-15,20H,3-5,8H2,1-2H3/t14-,15+/m1/s1. The number of likely N-dealkylation sites (tertiary alicyclic amines) is 1. The molecule has 1 heterocycles. The zero-order valence-electron chi connectivity index (χ0n) is 12.8. The number of fused-ring (bicyclic) bond motifs is 1. The number of carbonyl (C=O) groups excluding carboxylic acids is 1. The zero-order chi connectivity index (χ0) is 16.1. The minimum Gasteiger partial charge on any atom is -0.390 e. The van der Waals surface area contributed by atoms with Crippen LogP contribution in [-0.4, -0.2) is 33.5 Å². The van der Waals surface area contributed by atoms with Gasteiger partial charge in [-0.25, -0.2) is 0 Å². The highest BCUT2D eigenvalue weighted by Crippen LogP contribution is 2.49. The van der Waals surface area contributed by atoms with Crippen LogP contribution in [0.5, 0.6) is 0 Å². The molecule has 1 aliphatic heterocycles. The van der Waals surface area contributed by atoms with Crippen LogP contribution in [0.1, 0.15) is 50.3 Å². The molecule has 0 aromatic heterocycles. The Labute approximate surface area is 128 Å². The van der Waals surface area contributed by atoms with Gasteiger partial charge in [0.05, 0.1) is 17.1 Å². The number of rotatable bonds is 2. The van der Waals surface area contributed by atoms with Gasteiger partial charge in [0, 0.05) is 30.5 Å². The molecule has 1 N–H and O–H groups in total. The lowest BCUT2D eigenvalue weighted by atomic mass is 9.84. The topological polar surface area (TPSA) is 83.7 Å². The Morgan fingerprint density at radius 2 is 2.09 bits per heavy atom. The van der Waals surface area contributed by atoms with E-state index < -0.39 is 22.5 Å². The second kappa shape index (κ2) is 5.05. The Hall–Kier alpha value is -1.95. The molecule has 118 valence electrons. The van der Waals surface area contributed by atoms with Gasteiger partial charge in [0.1, 0.15) is 0 Å². The van der Waals surface area contributed by atoms with Gasteiger partial charge in [0.25, 0.3) is 5.69 Å². The number of amides is 1. The monoisotopic (exact) mass is 304 g/mol. The van der Waals surface area contributed by atoms with Gasteiger partial charge in [0.15, 0.2) is 0 Å². The van der Waals surface area contributed by atoms with E-state index in [9.17, 15) is 20.0 Å². The molecule has 0 spiro atoms. The van der Waals surface area contributed by atoms with Gasteiger partial charge < -0.3 is 10.0 Å². The van der Waals surface area contributed by atoms with Crippen molar-refractivity contribution >= 4 is 11.6 Å². The molecule has 3 rings (SSSR count). The third-order valence-corrected chi connectivity index (χ3v) is 4.99. The fourth-order valence-corrected chi connectivity index (χ4v) is 3.66. The molecule has 0 bridgehead atoms. The van der Waals surface area contributed by atoms with E-state index in [-0.39, 0.29) is 11.6 Å². The van der Waals surface area contributed by atoms with Crippen LogP contribution < -0.4 is 0 Å². The van der Waals surface area contributed by atoms with Crippen LogP contribution in [0.4, 0.5) is 5.69 Å². The highest BCUT2D eigenvalue weighted by atomic mass is 16.6. The van der Waals surface area contributed by atoms with E-state index in [4.69, 9.17) is 0 Å². The molecule has 1 aliphatic carbocycles. The molecule has 1 saturated heterocycles. The fourth-order valence-electron chi connectivity index (χ4n) is 3.66. The predicted molar refractivity (Wildman–Crippen MR) is 80.4 cm³/mol. The molecule has 2 atom stereocenters. The number of aliphatic hydroxyl groups excluding tert-OH is 1. The second-order valence-corrected chi connectivity index (χ2v) is 6.68. The van der Waals surface area contributed by atoms with Gasteiger partial charge in [-0.3, -0.25) is 14.9 Å². The fraction of sp³-hybridized carbons (Fsp3) is 0.562. The summed E-state index contributed by atoms with van der Waals surface area (Å²) in [5.41, 5.74) is 0.990. The summed E-state index contributed by atoms with van der Waals surface area (Å²) >= 11 is 0. The smallest absolute Gasteiger partial charge is 0.269 e. The first-order valence-electron chi connectivity index (χ1n) is 7.60. The first-order valence-corrected chi connectivity index (χ1v) is 7.60. The number of carbonyl (C=O) groups is 1. The molecule has 1 aromatic rings. The van der Waals surface area contributed by atoms with E-state index in [1.54, 1.807) is 11.0 Å². The molecule has 22 heavy (non-hydrogen) atoms. The van der Waals surface area contributed by atoms with Crippen molar-refractivity contribution in [2.24, 2.45) is 0 Å². The van der Waals surface area contributed by atoms with Gasteiger partial charge in [-0.1, -0.05) is 13.8 Å². The van der Waals surface area contributed by atoms with Crippen molar-refractivity contribution < 1.29 is 14.8 Å². The van der Waals surface area contributed by atoms with Gasteiger partial charge >= 0.3 is 0 Å². The summed E-state index contributed by atoms with van der Waals surface area (Å²) in [6.45, 7) is 4.37. The number of hydrogen-bond acceptors (Lipinski definition) is 4. The van der Waals surface area contributed by atoms with Crippen LogP contribution in [0.2, 0.25) is 0 Å². The highest BCUT2D eigenvalue weighted by molar-refractivity contribution is 5.78. The number of piperidine rings is 1. The first-order chi connectivity index (χ1) is 10.3. The predicted octanol–water partition coefficient (Wildman–Crippen LogP) is 2.30. The quantitative estimate of drug-likeness (QED) is 0.671. The summed E-state index contributed by atoms with van der Waals surface area (Å²) in [5, 5.41) is 21.8. The minimum absolute atomic E-state index is 0.0182. The van der Waals surface area contributed by atoms with Crippen LogP contribution in [0, 0.1) is 10.1 Å². The average Bonchev–Trinajstić information content (AvgIpc) is 2.67. The highest BCUT2D eigenvalue weighted by Gasteiger charge is 2.49. The van der Waals surface area contributed by atoms with Crippen molar-refractivity contribution in [1.82, 2.24) is 4.90 Å². The number of benzene rings is 1. The molecule has 6 nitrogen and oxygen atoms in total. The van der Waals surface area contributed by atoms with Crippen molar-refractivity contribution in [3.05, 3.63) is 39.4 Å². The largest absolute Gasteiger partial charge is 0.390 e. The summed E-state index contributed by atoms with van der Waals surface area (Å²) < 4.78 is 0. The zero-order valence-corrected chi connectivity index (χ0v) is 12.8. The Morgan fingerprint density at radius 1 is 1.36 bits per heavy atom. The lowest BCUT2D eigenvalue weighted by molar-refractivity contribution is -0.385. The Balaban J connectivity index is 2.08. The number of non-ortho nitro benzene ring substituents is 1. The minimum atomic E-state index is -0.758. The van der Waals surface area contributed by atoms with Crippen LogP contribution >= 0.6 is 0 Å². The number of aliphatic hydroxyl groups is 1. The maximum absolute atomic E-state index is 12.2. The molecule has 2 aliphatic rings.